The molecule has 9 aromatic carbocycles. The minimum absolute atomic E-state index is 0. The van der Waals surface area contributed by atoms with Gasteiger partial charge in [0.1, 0.15) is 5.84 Å². The molecule has 0 amide bonds. The van der Waals surface area contributed by atoms with E-state index < -0.39 is 0 Å². The first-order valence-electron chi connectivity index (χ1n) is 22.2. The van der Waals surface area contributed by atoms with Crippen molar-refractivity contribution in [2.75, 3.05) is 9.91 Å². The van der Waals surface area contributed by atoms with Gasteiger partial charge in [-0.1, -0.05) is 215 Å². The zero-order chi connectivity index (χ0) is 43.9. The fraction of sp³-hybridized carbons (Fsp3) is 0.0667. The number of fused-ring (bicyclic) bond motifs is 6. The molecule has 1 radical (unpaired) electrons. The third-order valence-electron chi connectivity index (χ3n) is 12.3. The first-order chi connectivity index (χ1) is 31.9. The molecule has 0 spiro atoms. The van der Waals surface area contributed by atoms with Crippen LogP contribution >= 0.6 is 0 Å². The van der Waals surface area contributed by atoms with Crippen LogP contribution in [0.3, 0.4) is 0 Å². The number of hydrogen-bond acceptors (Lipinski definition) is 3. The predicted molar refractivity (Wildman–Crippen MR) is 274 cm³/mol. The van der Waals surface area contributed by atoms with E-state index in [9.17, 15) is 0 Å². The van der Waals surface area contributed by atoms with Crippen LogP contribution in [-0.2, 0) is 27.8 Å². The Morgan fingerprint density at radius 3 is 1.39 bits per heavy atom. The minimum Gasteiger partial charge on any atom is -0.657 e. The van der Waals surface area contributed by atoms with Crippen LogP contribution in [0.15, 0.2) is 230 Å². The van der Waals surface area contributed by atoms with Crippen molar-refractivity contribution in [1.29, 1.82) is 0 Å². The number of para-hydroxylation sites is 5. The molecule has 1 aliphatic heterocycles. The van der Waals surface area contributed by atoms with Gasteiger partial charge >= 0.3 is 0 Å². The number of nitrogens with zero attached hydrogens (tertiary/aromatic N) is 5. The fourth-order valence-corrected chi connectivity index (χ4v) is 9.13. The van der Waals surface area contributed by atoms with Crippen molar-refractivity contribution in [2.45, 2.75) is 26.2 Å². The largest absolute Gasteiger partial charge is 0.657 e. The summed E-state index contributed by atoms with van der Waals surface area (Å²) in [4.78, 5) is 6.80. The Kier molecular flexibility index (Phi) is 11.5. The third-order valence-corrected chi connectivity index (χ3v) is 12.3. The van der Waals surface area contributed by atoms with Crippen LogP contribution in [-0.4, -0.2) is 10.4 Å². The summed E-state index contributed by atoms with van der Waals surface area (Å²) >= 11 is 0. The number of anilines is 2. The summed E-state index contributed by atoms with van der Waals surface area (Å²) in [5.74, 6) is 0.862. The average molecular weight is 1040 g/mol. The van der Waals surface area contributed by atoms with Crippen molar-refractivity contribution >= 4 is 60.8 Å². The maximum atomic E-state index is 5.44. The van der Waals surface area contributed by atoms with Gasteiger partial charge in [0, 0.05) is 66.9 Å². The van der Waals surface area contributed by atoms with Crippen LogP contribution in [0.25, 0.3) is 71.6 Å². The smallest absolute Gasteiger partial charge is 0.129 e. The first-order valence-corrected chi connectivity index (χ1v) is 22.2. The molecule has 2 aromatic heterocycles. The number of hydrogen-bond donors (Lipinski definition) is 0. The second kappa shape index (κ2) is 17.9. The summed E-state index contributed by atoms with van der Waals surface area (Å²) in [5.41, 5.74) is 14.5. The zero-order valence-corrected chi connectivity index (χ0v) is 39.1. The van der Waals surface area contributed by atoms with Crippen LogP contribution in [0.1, 0.15) is 31.9 Å². The van der Waals surface area contributed by atoms with E-state index in [0.29, 0.717) is 0 Å². The van der Waals surface area contributed by atoms with Crippen LogP contribution in [0.2, 0.25) is 0 Å². The van der Waals surface area contributed by atoms with E-state index in [2.05, 4.69) is 259 Å². The summed E-state index contributed by atoms with van der Waals surface area (Å²) in [6.07, 6.45) is 0. The van der Waals surface area contributed by atoms with Gasteiger partial charge in [0.05, 0.1) is 11.0 Å². The van der Waals surface area contributed by atoms with E-state index in [-0.39, 0.29) is 27.8 Å². The van der Waals surface area contributed by atoms with Gasteiger partial charge in [0.25, 0.3) is 0 Å². The quantitative estimate of drug-likeness (QED) is 0.123. The van der Waals surface area contributed by atoms with Crippen molar-refractivity contribution in [3.05, 3.63) is 242 Å². The number of benzene rings is 9. The van der Waals surface area contributed by atoms with Gasteiger partial charge in [-0.3, -0.25) is 0 Å². The normalized spacial score (nSPS) is 12.6. The minimum atomic E-state index is -0.102. The van der Waals surface area contributed by atoms with Crippen molar-refractivity contribution < 1.29 is 22.4 Å². The maximum Gasteiger partial charge on any atom is 0.129 e. The molecule has 0 bridgehead atoms. The van der Waals surface area contributed by atoms with Crippen molar-refractivity contribution in [1.82, 2.24) is 9.55 Å². The van der Waals surface area contributed by atoms with Gasteiger partial charge in [-0.05, 0) is 63.2 Å². The summed E-state index contributed by atoms with van der Waals surface area (Å²) in [6.45, 7) is 9.00. The van der Waals surface area contributed by atoms with E-state index in [1.807, 2.05) is 12.1 Å². The molecule has 3 heterocycles. The van der Waals surface area contributed by atoms with Crippen molar-refractivity contribution in [3.63, 3.8) is 0 Å². The SMILES string of the molecule is CC(C)(C)c1cc(N2[CH-]N(c3c(-c4ccccc4)cccc3-c3ccccc3)C(c3ccccc3)=N2)cc(-n2c3ccccc3c3ccccc32)c1.[Au].c1ccc2c(c1)[n-]c1ccccc12. The summed E-state index contributed by atoms with van der Waals surface area (Å²) in [6, 6.07) is 79.2. The van der Waals surface area contributed by atoms with Crippen LogP contribution < -0.4 is 14.9 Å². The average Bonchev–Trinajstić information content (AvgIpc) is 4.07. The van der Waals surface area contributed by atoms with Crippen LogP contribution in [0.5, 0.6) is 0 Å². The molecule has 0 saturated carbocycles. The molecule has 66 heavy (non-hydrogen) atoms. The molecule has 6 heteroatoms. The standard InChI is InChI=1S/C48H39N4.C12H8N.Au/c1-48(2,3)37-30-38(32-39(31-37)52-44-28-15-13-24-42(44)43-25-14-16-29-45(43)52)51-33-50(47(49-51)36-22-11-6-12-23-36)46-40(34-18-7-4-8-19-34)26-17-27-41(46)35-20-9-5-10-21-35;1-3-7-11-9(5-1)10-6-2-4-8-12(10)13-11;/h4-33H,1-3H3;1-8H;/q2*-1;. The van der Waals surface area contributed by atoms with E-state index in [1.165, 1.54) is 38.1 Å². The molecule has 0 saturated heterocycles. The molecule has 11 aromatic rings. The van der Waals surface area contributed by atoms with E-state index in [1.54, 1.807) is 0 Å². The van der Waals surface area contributed by atoms with Crippen molar-refractivity contribution in [3.8, 4) is 27.9 Å². The van der Waals surface area contributed by atoms with E-state index >= 15 is 0 Å². The number of aromatic nitrogens is 2. The summed E-state index contributed by atoms with van der Waals surface area (Å²) in [7, 11) is 0. The zero-order valence-electron chi connectivity index (χ0n) is 37.0. The molecule has 325 valence electrons. The Hall–Kier alpha value is -7.41. The van der Waals surface area contributed by atoms with E-state index in [0.717, 1.165) is 61.7 Å². The second-order valence-electron chi connectivity index (χ2n) is 17.6. The summed E-state index contributed by atoms with van der Waals surface area (Å²) < 4.78 is 2.40. The van der Waals surface area contributed by atoms with Crippen molar-refractivity contribution in [2.24, 2.45) is 5.10 Å². The molecular formula is C60H47AuN5-2. The van der Waals surface area contributed by atoms with Crippen LogP contribution in [0.4, 0.5) is 11.4 Å². The van der Waals surface area contributed by atoms with Crippen LogP contribution in [0, 0.1) is 6.67 Å². The van der Waals surface area contributed by atoms with Gasteiger partial charge in [0.15, 0.2) is 0 Å². The number of hydrazone groups is 1. The van der Waals surface area contributed by atoms with Gasteiger partial charge in [0.2, 0.25) is 0 Å². The van der Waals surface area contributed by atoms with Gasteiger partial charge in [-0.25, -0.2) is 0 Å². The Balaban J connectivity index is 0.000000312. The monoisotopic (exact) mass is 1030 g/mol. The molecule has 0 N–H and O–H groups in total. The topological polar surface area (TPSA) is 37.9 Å². The molecule has 5 nitrogen and oxygen atoms in total. The molecule has 0 aliphatic carbocycles. The molecule has 0 unspecified atom stereocenters. The Morgan fingerprint density at radius 1 is 0.439 bits per heavy atom. The molecule has 1 aliphatic rings. The molecular weight excluding hydrogens is 988 g/mol. The Morgan fingerprint density at radius 2 is 0.879 bits per heavy atom. The predicted octanol–water partition coefficient (Wildman–Crippen LogP) is 15.2. The molecule has 0 fully saturated rings. The maximum absolute atomic E-state index is 5.44. The Bertz CT molecular complexity index is 3350. The fourth-order valence-electron chi connectivity index (χ4n) is 9.13. The Labute approximate surface area is 401 Å². The van der Waals surface area contributed by atoms with Gasteiger partial charge in [-0.15, -0.1) is 17.7 Å². The van der Waals surface area contributed by atoms with Gasteiger partial charge in [-0.2, -0.15) is 5.10 Å². The first kappa shape index (κ1) is 42.5. The van der Waals surface area contributed by atoms with Gasteiger partial charge < -0.3 is 19.5 Å². The number of rotatable bonds is 6. The summed E-state index contributed by atoms with van der Waals surface area (Å²) in [5, 5.41) is 12.5. The second-order valence-corrected chi connectivity index (χ2v) is 17.6. The molecule has 0 atom stereocenters. The van der Waals surface area contributed by atoms with E-state index in [4.69, 9.17) is 5.10 Å². The molecule has 12 rings (SSSR count). The number of amidine groups is 1. The third kappa shape index (κ3) is 7.92.